The van der Waals surface area contributed by atoms with Gasteiger partial charge in [0, 0.05) is 18.8 Å². The molecule has 5 atom stereocenters. The van der Waals surface area contributed by atoms with Gasteiger partial charge < -0.3 is 18.3 Å². The van der Waals surface area contributed by atoms with E-state index in [0.29, 0.717) is 13.2 Å². The minimum absolute atomic E-state index is 0.0298. The molecule has 29 heavy (non-hydrogen) atoms. The predicted molar refractivity (Wildman–Crippen MR) is 114 cm³/mol. The summed E-state index contributed by atoms with van der Waals surface area (Å²) in [6.07, 6.45) is 1.66. The molecule has 0 aromatic heterocycles. The van der Waals surface area contributed by atoms with Crippen molar-refractivity contribution in [3.05, 3.63) is 0 Å². The number of carbonyl (C=O) groups excluding carboxylic acids is 2. The van der Waals surface area contributed by atoms with Crippen LogP contribution in [0.25, 0.3) is 0 Å². The van der Waals surface area contributed by atoms with Crippen molar-refractivity contribution in [2.24, 2.45) is 23.7 Å². The van der Waals surface area contributed by atoms with Crippen LogP contribution >= 0.6 is 0 Å². The average molecular weight is 429 g/mol. The van der Waals surface area contributed by atoms with E-state index in [2.05, 4.69) is 6.55 Å². The van der Waals surface area contributed by atoms with E-state index in [9.17, 15) is 9.59 Å². The molecule has 2 rings (SSSR count). The fourth-order valence-corrected chi connectivity index (χ4v) is 8.70. The maximum absolute atomic E-state index is 13.2. The van der Waals surface area contributed by atoms with Crippen molar-refractivity contribution >= 4 is 20.5 Å². The number of esters is 2. The number of rotatable bonds is 7. The maximum Gasteiger partial charge on any atom is 0.338 e. The van der Waals surface area contributed by atoms with Crippen LogP contribution in [0.2, 0.25) is 12.1 Å². The van der Waals surface area contributed by atoms with Gasteiger partial charge in [-0.3, -0.25) is 9.59 Å². The minimum Gasteiger partial charge on any atom is -0.460 e. The Bertz CT molecular complexity index is 599. The Labute approximate surface area is 177 Å². The normalized spacial score (nSPS) is 29.8. The predicted octanol–water partition coefficient (Wildman–Crippen LogP) is 4.46. The third-order valence-electron chi connectivity index (χ3n) is 5.90. The topological polar surface area (TPSA) is 71.1 Å². The van der Waals surface area contributed by atoms with Crippen molar-refractivity contribution < 1.29 is 27.9 Å². The molecule has 168 valence electrons. The number of ether oxygens (including phenoxy) is 2. The number of fused-ring (bicyclic) bond motifs is 2. The monoisotopic (exact) mass is 428 g/mol. The zero-order valence-electron chi connectivity index (χ0n) is 19.7. The van der Waals surface area contributed by atoms with Crippen LogP contribution in [-0.4, -0.2) is 44.9 Å². The molecular formula is C22H40O6Si. The molecule has 0 saturated heterocycles. The Morgan fingerprint density at radius 2 is 1.28 bits per heavy atom. The van der Waals surface area contributed by atoms with Crippen LogP contribution in [0.4, 0.5) is 0 Å². The number of hydrogen-bond acceptors (Lipinski definition) is 6. The summed E-state index contributed by atoms with van der Waals surface area (Å²) in [6, 6.07) is 0. The summed E-state index contributed by atoms with van der Waals surface area (Å²) in [5.41, 5.74) is -1.02. The van der Waals surface area contributed by atoms with E-state index in [4.69, 9.17) is 18.3 Å². The summed E-state index contributed by atoms with van der Waals surface area (Å²) >= 11 is 0. The Balaban J connectivity index is 2.35. The molecule has 2 saturated carbocycles. The van der Waals surface area contributed by atoms with Crippen molar-refractivity contribution in [1.29, 1.82) is 0 Å². The van der Waals surface area contributed by atoms with Gasteiger partial charge in [-0.25, -0.2) is 0 Å². The molecule has 2 fully saturated rings. The first-order chi connectivity index (χ1) is 13.2. The maximum atomic E-state index is 13.2. The third-order valence-corrected chi connectivity index (χ3v) is 9.63. The lowest BCUT2D eigenvalue weighted by Gasteiger charge is -2.41. The van der Waals surface area contributed by atoms with E-state index in [-0.39, 0.29) is 29.3 Å². The summed E-state index contributed by atoms with van der Waals surface area (Å²) in [4.78, 5) is 26.3. The van der Waals surface area contributed by atoms with Crippen LogP contribution in [0.15, 0.2) is 0 Å². The highest BCUT2D eigenvalue weighted by atomic mass is 28.4. The van der Waals surface area contributed by atoms with Gasteiger partial charge in [0.2, 0.25) is 0 Å². The van der Waals surface area contributed by atoms with Gasteiger partial charge in [-0.1, -0.05) is 0 Å². The molecule has 0 radical (unpaired) electrons. The van der Waals surface area contributed by atoms with E-state index in [0.717, 1.165) is 12.8 Å². The zero-order valence-corrected chi connectivity index (χ0v) is 20.7. The minimum atomic E-state index is -2.49. The quantitative estimate of drug-likeness (QED) is 0.440. The summed E-state index contributed by atoms with van der Waals surface area (Å²) in [5, 5.41) is 0. The molecule has 0 amide bonds. The second-order valence-electron chi connectivity index (χ2n) is 10.5. The van der Waals surface area contributed by atoms with Crippen LogP contribution in [0.3, 0.4) is 0 Å². The SMILES string of the molecule is CCO[Si](C)(OCC)C1CC2CC1C(C(=O)OC(C)(C)C)C2C(=O)OC(C)(C)C. The molecule has 0 spiro atoms. The van der Waals surface area contributed by atoms with Crippen molar-refractivity contribution in [3.63, 3.8) is 0 Å². The van der Waals surface area contributed by atoms with E-state index in [1.54, 1.807) is 0 Å². The van der Waals surface area contributed by atoms with Crippen molar-refractivity contribution in [3.8, 4) is 0 Å². The average Bonchev–Trinajstić information content (AvgIpc) is 3.10. The molecule has 2 aliphatic rings. The fourth-order valence-electron chi connectivity index (χ4n) is 5.19. The number of hydrogen-bond donors (Lipinski definition) is 0. The first-order valence-corrected chi connectivity index (χ1v) is 13.4. The molecular weight excluding hydrogens is 388 g/mol. The van der Waals surface area contributed by atoms with Gasteiger partial charge in [0.1, 0.15) is 11.2 Å². The first-order valence-electron chi connectivity index (χ1n) is 11.0. The van der Waals surface area contributed by atoms with Crippen LogP contribution in [0, 0.1) is 23.7 Å². The molecule has 0 N–H and O–H groups in total. The lowest BCUT2D eigenvalue weighted by molar-refractivity contribution is -0.176. The Morgan fingerprint density at radius 3 is 1.69 bits per heavy atom. The molecule has 0 aromatic rings. The van der Waals surface area contributed by atoms with Crippen molar-refractivity contribution in [2.45, 2.75) is 91.5 Å². The van der Waals surface area contributed by atoms with E-state index >= 15 is 0 Å². The molecule has 7 heteroatoms. The van der Waals surface area contributed by atoms with Crippen LogP contribution < -0.4 is 0 Å². The molecule has 0 heterocycles. The summed E-state index contributed by atoms with van der Waals surface area (Å²) in [7, 11) is -2.49. The van der Waals surface area contributed by atoms with Gasteiger partial charge in [-0.2, -0.15) is 0 Å². The van der Waals surface area contributed by atoms with Crippen molar-refractivity contribution in [1.82, 2.24) is 0 Å². The zero-order chi connectivity index (χ0) is 22.2. The van der Waals surface area contributed by atoms with Crippen molar-refractivity contribution in [2.75, 3.05) is 13.2 Å². The second-order valence-corrected chi connectivity index (χ2v) is 13.9. The molecule has 5 unspecified atom stereocenters. The van der Waals surface area contributed by atoms with Gasteiger partial charge in [-0.15, -0.1) is 0 Å². The molecule has 6 nitrogen and oxygen atoms in total. The highest BCUT2D eigenvalue weighted by molar-refractivity contribution is 6.67. The van der Waals surface area contributed by atoms with Gasteiger partial charge in [-0.05, 0) is 86.6 Å². The lowest BCUT2D eigenvalue weighted by Crippen LogP contribution is -2.51. The third kappa shape index (κ3) is 5.61. The van der Waals surface area contributed by atoms with Crippen LogP contribution in [-0.2, 0) is 27.9 Å². The summed E-state index contributed by atoms with van der Waals surface area (Å²) in [6.45, 7) is 18.4. The molecule has 0 aliphatic heterocycles. The van der Waals surface area contributed by atoms with E-state index in [1.165, 1.54) is 0 Å². The van der Waals surface area contributed by atoms with Crippen LogP contribution in [0.1, 0.15) is 68.2 Å². The Kier molecular flexibility index (Phi) is 7.28. The van der Waals surface area contributed by atoms with Gasteiger partial charge in [0.15, 0.2) is 0 Å². The smallest absolute Gasteiger partial charge is 0.338 e. The largest absolute Gasteiger partial charge is 0.460 e. The molecule has 2 aliphatic carbocycles. The second kappa shape index (κ2) is 8.67. The lowest BCUT2D eigenvalue weighted by atomic mass is 9.78. The fraction of sp³-hybridized carbons (Fsp3) is 0.909. The van der Waals surface area contributed by atoms with E-state index < -0.39 is 31.6 Å². The van der Waals surface area contributed by atoms with Crippen LogP contribution in [0.5, 0.6) is 0 Å². The van der Waals surface area contributed by atoms with E-state index in [1.807, 2.05) is 55.4 Å². The first kappa shape index (κ1) is 24.3. The Hall–Kier alpha value is -0.923. The van der Waals surface area contributed by atoms with Gasteiger partial charge in [0.25, 0.3) is 0 Å². The van der Waals surface area contributed by atoms with Gasteiger partial charge in [0.05, 0.1) is 11.8 Å². The molecule has 0 aromatic carbocycles. The van der Waals surface area contributed by atoms with Gasteiger partial charge >= 0.3 is 20.5 Å². The standard InChI is InChI=1S/C22H40O6Si/c1-10-25-29(9,26-11-2)16-13-14-12-15(16)18(20(24)28-22(6,7)8)17(14)19(23)27-21(3,4)5/h14-18H,10-13H2,1-9H3. The molecule has 2 bridgehead atoms. The Morgan fingerprint density at radius 1 is 0.828 bits per heavy atom. The summed E-state index contributed by atoms with van der Waals surface area (Å²) < 4.78 is 23.8. The number of carbonyl (C=O) groups is 2. The highest BCUT2D eigenvalue weighted by Crippen LogP contribution is 2.61. The highest BCUT2D eigenvalue weighted by Gasteiger charge is 2.64. The summed E-state index contributed by atoms with van der Waals surface area (Å²) in [5.74, 6) is -1.40.